The summed E-state index contributed by atoms with van der Waals surface area (Å²) >= 11 is 12.0. The van der Waals surface area contributed by atoms with Crippen LogP contribution in [-0.4, -0.2) is 61.2 Å². The SMILES string of the molecule is COC(=O)[C@]1(CC(=O)O)CC(=O)OB([C@H](CC(C)C)NC(=O)CNc2cc(Cl)ccc2Cl)O1. The highest BCUT2D eigenvalue weighted by molar-refractivity contribution is 6.50. The molecule has 0 unspecified atom stereocenters. The maximum absolute atomic E-state index is 12.6. The Morgan fingerprint density at radius 1 is 1.30 bits per heavy atom. The number of aliphatic carboxylic acids is 1. The Bertz CT molecular complexity index is 912. The molecule has 1 heterocycles. The lowest BCUT2D eigenvalue weighted by Gasteiger charge is -2.38. The number of anilines is 1. The molecule has 0 radical (unpaired) electrons. The van der Waals surface area contributed by atoms with Gasteiger partial charge in [0.1, 0.15) is 0 Å². The average Bonchev–Trinajstić information content (AvgIpc) is 2.72. The third kappa shape index (κ3) is 7.51. The fourth-order valence-electron chi connectivity index (χ4n) is 3.40. The van der Waals surface area contributed by atoms with Gasteiger partial charge in [-0.1, -0.05) is 37.0 Å². The lowest BCUT2D eigenvalue weighted by molar-refractivity contribution is -0.177. The molecule has 1 aliphatic heterocycles. The highest BCUT2D eigenvalue weighted by Crippen LogP contribution is 2.31. The monoisotopic (exact) mass is 502 g/mol. The van der Waals surface area contributed by atoms with Gasteiger partial charge in [-0.3, -0.25) is 14.4 Å². The number of amides is 1. The Morgan fingerprint density at radius 2 is 2.00 bits per heavy atom. The zero-order chi connectivity index (χ0) is 24.8. The zero-order valence-corrected chi connectivity index (χ0v) is 19.9. The number of nitrogens with one attached hydrogen (secondary N) is 2. The van der Waals surface area contributed by atoms with Gasteiger partial charge in [-0.15, -0.1) is 0 Å². The van der Waals surface area contributed by atoms with E-state index < -0.39 is 55.3 Å². The van der Waals surface area contributed by atoms with Gasteiger partial charge in [-0.05, 0) is 30.5 Å². The van der Waals surface area contributed by atoms with Crippen LogP contribution in [0.25, 0.3) is 0 Å². The van der Waals surface area contributed by atoms with Crippen LogP contribution in [0.1, 0.15) is 33.1 Å². The average molecular weight is 503 g/mol. The quantitative estimate of drug-likeness (QED) is 0.324. The molecule has 1 aromatic rings. The standard InChI is InChI=1S/C20H25BCl2N2O8/c1-11(2)6-15(25-16(26)10-24-14-7-12(22)4-5-13(14)23)21-32-18(29)9-20(33-21,8-17(27)28)19(30)31-3/h4-5,7,11,15,24H,6,8-10H2,1-3H3,(H,25,26)(H,27,28)/t15-,20-/m0/s1. The van der Waals surface area contributed by atoms with E-state index >= 15 is 0 Å². The Morgan fingerprint density at radius 3 is 2.61 bits per heavy atom. The van der Waals surface area contributed by atoms with Gasteiger partial charge in [0.05, 0.1) is 43.1 Å². The van der Waals surface area contributed by atoms with E-state index in [0.29, 0.717) is 22.2 Å². The minimum atomic E-state index is -2.06. The number of hydrogen-bond donors (Lipinski definition) is 3. The van der Waals surface area contributed by atoms with Crippen LogP contribution >= 0.6 is 23.2 Å². The Labute approximate surface area is 201 Å². The predicted octanol–water partition coefficient (Wildman–Crippen LogP) is 2.31. The maximum atomic E-state index is 12.6. The summed E-state index contributed by atoms with van der Waals surface area (Å²) in [5.74, 6) is -4.54. The molecule has 1 fully saturated rings. The minimum absolute atomic E-state index is 0.0295. The Balaban J connectivity index is 2.18. The molecule has 1 aromatic carbocycles. The van der Waals surface area contributed by atoms with Gasteiger partial charge in [0.25, 0.3) is 5.97 Å². The summed E-state index contributed by atoms with van der Waals surface area (Å²) in [5, 5.41) is 15.6. The first kappa shape index (κ1) is 26.8. The van der Waals surface area contributed by atoms with Crippen LogP contribution < -0.4 is 10.6 Å². The van der Waals surface area contributed by atoms with Crippen molar-refractivity contribution < 1.29 is 38.3 Å². The number of benzene rings is 1. The van der Waals surface area contributed by atoms with Crippen molar-refractivity contribution in [3.05, 3.63) is 28.2 Å². The van der Waals surface area contributed by atoms with Crippen LogP contribution in [0.4, 0.5) is 5.69 Å². The fraction of sp³-hybridized carbons (Fsp3) is 0.500. The fourth-order valence-corrected chi connectivity index (χ4v) is 3.75. The summed E-state index contributed by atoms with van der Waals surface area (Å²) in [4.78, 5) is 48.6. The van der Waals surface area contributed by atoms with Gasteiger partial charge in [0.2, 0.25) is 5.91 Å². The normalized spacial score (nSPS) is 19.0. The van der Waals surface area contributed by atoms with Crippen molar-refractivity contribution in [3.63, 3.8) is 0 Å². The molecule has 0 aliphatic carbocycles. The number of carbonyl (C=O) groups excluding carboxylic acids is 3. The second-order valence-electron chi connectivity index (χ2n) is 7.99. The first-order chi connectivity index (χ1) is 15.5. The molecule has 13 heteroatoms. The number of carbonyl (C=O) groups is 4. The lowest BCUT2D eigenvalue weighted by atomic mass is 9.70. The molecule has 2 rings (SSSR count). The molecule has 33 heavy (non-hydrogen) atoms. The van der Waals surface area contributed by atoms with Crippen molar-refractivity contribution in [1.82, 2.24) is 5.32 Å². The zero-order valence-electron chi connectivity index (χ0n) is 18.4. The highest BCUT2D eigenvalue weighted by atomic mass is 35.5. The molecule has 3 N–H and O–H groups in total. The van der Waals surface area contributed by atoms with Crippen LogP contribution in [0, 0.1) is 5.92 Å². The number of carboxylic acids is 1. The summed E-state index contributed by atoms with van der Waals surface area (Å²) in [6.07, 6.45) is -1.12. The van der Waals surface area contributed by atoms with Crippen molar-refractivity contribution in [3.8, 4) is 0 Å². The molecule has 1 aliphatic rings. The number of rotatable bonds is 10. The van der Waals surface area contributed by atoms with E-state index in [1.807, 2.05) is 13.8 Å². The third-order valence-corrected chi connectivity index (χ3v) is 5.35. The van der Waals surface area contributed by atoms with E-state index in [2.05, 4.69) is 15.4 Å². The first-order valence-corrected chi connectivity index (χ1v) is 10.9. The van der Waals surface area contributed by atoms with Gasteiger partial charge in [0, 0.05) is 5.02 Å². The summed E-state index contributed by atoms with van der Waals surface area (Å²) in [7, 11) is -0.338. The molecule has 0 aromatic heterocycles. The molecule has 10 nitrogen and oxygen atoms in total. The smallest absolute Gasteiger partial charge is 0.508 e. The summed E-state index contributed by atoms with van der Waals surface area (Å²) in [6, 6.07) is 4.74. The van der Waals surface area contributed by atoms with E-state index in [9.17, 15) is 24.3 Å². The number of hydrogen-bond acceptors (Lipinski definition) is 8. The second kappa shape index (κ2) is 11.6. The molecular weight excluding hydrogens is 478 g/mol. The molecule has 0 spiro atoms. The van der Waals surface area contributed by atoms with Gasteiger partial charge in [0.15, 0.2) is 5.60 Å². The predicted molar refractivity (Wildman–Crippen MR) is 121 cm³/mol. The van der Waals surface area contributed by atoms with Gasteiger partial charge < -0.3 is 29.8 Å². The lowest BCUT2D eigenvalue weighted by Crippen LogP contribution is -2.61. The molecule has 2 atom stereocenters. The molecule has 1 saturated heterocycles. The van der Waals surface area contributed by atoms with E-state index in [0.717, 1.165) is 7.11 Å². The first-order valence-electron chi connectivity index (χ1n) is 10.1. The summed E-state index contributed by atoms with van der Waals surface area (Å²) in [5.41, 5.74) is -1.61. The number of halogens is 2. The third-order valence-electron chi connectivity index (χ3n) is 4.78. The summed E-state index contributed by atoms with van der Waals surface area (Å²) < 4.78 is 15.6. The van der Waals surface area contributed by atoms with Crippen LogP contribution in [0.3, 0.4) is 0 Å². The van der Waals surface area contributed by atoms with Gasteiger partial charge in [-0.2, -0.15) is 0 Å². The van der Waals surface area contributed by atoms with E-state index in [1.54, 1.807) is 18.2 Å². The largest absolute Gasteiger partial charge is 0.552 e. The Kier molecular flexibility index (Phi) is 9.39. The van der Waals surface area contributed by atoms with Gasteiger partial charge in [-0.25, -0.2) is 4.79 Å². The minimum Gasteiger partial charge on any atom is -0.508 e. The van der Waals surface area contributed by atoms with E-state index in [4.69, 9.17) is 32.5 Å². The summed E-state index contributed by atoms with van der Waals surface area (Å²) in [6.45, 7) is 3.56. The van der Waals surface area contributed by atoms with Gasteiger partial charge >= 0.3 is 19.1 Å². The van der Waals surface area contributed by atoms with Crippen molar-refractivity contribution in [2.75, 3.05) is 19.0 Å². The van der Waals surface area contributed by atoms with Crippen molar-refractivity contribution in [2.24, 2.45) is 5.92 Å². The highest BCUT2D eigenvalue weighted by Gasteiger charge is 2.55. The molecular formula is C20H25BCl2N2O8. The van der Waals surface area contributed by atoms with Crippen LogP contribution in [0.5, 0.6) is 0 Å². The van der Waals surface area contributed by atoms with E-state index in [-0.39, 0.29) is 12.5 Å². The van der Waals surface area contributed by atoms with Crippen molar-refractivity contribution >= 4 is 59.8 Å². The van der Waals surface area contributed by atoms with Crippen LogP contribution in [-0.2, 0) is 33.2 Å². The molecule has 0 saturated carbocycles. The number of ether oxygens (including phenoxy) is 1. The van der Waals surface area contributed by atoms with Crippen molar-refractivity contribution in [1.29, 1.82) is 0 Å². The maximum Gasteiger partial charge on any atom is 0.552 e. The second-order valence-corrected chi connectivity index (χ2v) is 8.83. The number of methoxy groups -OCH3 is 1. The van der Waals surface area contributed by atoms with Crippen LogP contribution in [0.2, 0.25) is 10.0 Å². The topological polar surface area (TPSA) is 140 Å². The number of carboxylic acid groups (broad SMARTS) is 1. The molecule has 0 bridgehead atoms. The Hall–Kier alpha value is -2.50. The molecule has 180 valence electrons. The van der Waals surface area contributed by atoms with Crippen molar-refractivity contribution in [2.45, 2.75) is 44.7 Å². The van der Waals surface area contributed by atoms with Crippen LogP contribution in [0.15, 0.2) is 18.2 Å². The van der Waals surface area contributed by atoms with E-state index in [1.165, 1.54) is 0 Å². The number of esters is 1. The molecule has 1 amide bonds.